The lowest BCUT2D eigenvalue weighted by Crippen LogP contribution is -2.02. The molecule has 0 saturated heterocycles. The van der Waals surface area contributed by atoms with Crippen LogP contribution in [0.15, 0.2) is 53.1 Å². The predicted molar refractivity (Wildman–Crippen MR) is 88.0 cm³/mol. The van der Waals surface area contributed by atoms with Gasteiger partial charge in [-0.15, -0.1) is 0 Å². The molecule has 3 rings (SSSR count). The number of rotatable bonds is 6. The van der Waals surface area contributed by atoms with Gasteiger partial charge in [-0.05, 0) is 35.7 Å². The van der Waals surface area contributed by atoms with Crippen LogP contribution in [0.3, 0.4) is 0 Å². The fourth-order valence-corrected chi connectivity index (χ4v) is 2.37. The molecule has 0 unspecified atom stereocenters. The third kappa shape index (κ3) is 3.96. The summed E-state index contributed by atoms with van der Waals surface area (Å²) in [6.07, 6.45) is 0.639. The van der Waals surface area contributed by atoms with Crippen molar-refractivity contribution in [3.05, 3.63) is 76.9 Å². The van der Waals surface area contributed by atoms with Crippen molar-refractivity contribution in [2.75, 3.05) is 5.32 Å². The Morgan fingerprint density at radius 2 is 2.00 bits per heavy atom. The van der Waals surface area contributed by atoms with Crippen LogP contribution in [-0.2, 0) is 19.6 Å². The third-order valence-corrected chi connectivity index (χ3v) is 3.67. The number of aliphatic hydroxyl groups excluding tert-OH is 1. The fraction of sp³-hybridized carbons (Fsp3) is 0.222. The summed E-state index contributed by atoms with van der Waals surface area (Å²) < 4.78 is 5.32. The van der Waals surface area contributed by atoms with Gasteiger partial charge in [0.05, 0.1) is 19.6 Å². The third-order valence-electron chi connectivity index (χ3n) is 3.67. The molecule has 5 nitrogen and oxygen atoms in total. The minimum Gasteiger partial charge on any atom is -0.392 e. The summed E-state index contributed by atoms with van der Waals surface area (Å²) in [7, 11) is 0. The Morgan fingerprint density at radius 3 is 2.83 bits per heavy atom. The Labute approximate surface area is 135 Å². The molecule has 0 aliphatic rings. The first kappa shape index (κ1) is 15.2. The highest BCUT2D eigenvalue weighted by atomic mass is 16.5. The second-order valence-corrected chi connectivity index (χ2v) is 5.42. The molecule has 0 fully saturated rings. The molecule has 3 aromatic rings. The van der Waals surface area contributed by atoms with Crippen LogP contribution in [0.4, 0.5) is 5.69 Å². The largest absolute Gasteiger partial charge is 0.392 e. The van der Waals surface area contributed by atoms with Gasteiger partial charge in [0.25, 0.3) is 0 Å². The number of aliphatic hydroxyl groups is 1. The molecule has 1 heterocycles. The van der Waals surface area contributed by atoms with Crippen molar-refractivity contribution in [1.29, 1.82) is 0 Å². The number of aryl methyl sites for hydroxylation is 1. The van der Waals surface area contributed by atoms with E-state index in [2.05, 4.69) is 34.5 Å². The topological polar surface area (TPSA) is 71.2 Å². The molecule has 0 atom stereocenters. The maximum atomic E-state index is 9.15. The van der Waals surface area contributed by atoms with E-state index < -0.39 is 0 Å². The van der Waals surface area contributed by atoms with Crippen LogP contribution in [0, 0.1) is 6.92 Å². The molecule has 2 aromatic carbocycles. The Bertz CT molecular complexity index is 783. The summed E-state index contributed by atoms with van der Waals surface area (Å²) in [4.78, 5) is 4.41. The molecule has 0 aliphatic heterocycles. The number of anilines is 1. The van der Waals surface area contributed by atoms with Gasteiger partial charge in [-0.2, -0.15) is 4.98 Å². The van der Waals surface area contributed by atoms with Gasteiger partial charge in [-0.3, -0.25) is 0 Å². The quantitative estimate of drug-likeness (QED) is 0.732. The van der Waals surface area contributed by atoms with Gasteiger partial charge in [0.1, 0.15) is 0 Å². The molecular weight excluding hydrogens is 290 g/mol. The summed E-state index contributed by atoms with van der Waals surface area (Å²) in [6, 6.07) is 15.8. The van der Waals surface area contributed by atoms with Crippen LogP contribution in [0.5, 0.6) is 0 Å². The molecule has 0 bridgehead atoms. The summed E-state index contributed by atoms with van der Waals surface area (Å²) in [5, 5.41) is 16.4. The van der Waals surface area contributed by atoms with Crippen molar-refractivity contribution in [2.45, 2.75) is 26.5 Å². The van der Waals surface area contributed by atoms with Gasteiger partial charge >= 0.3 is 0 Å². The van der Waals surface area contributed by atoms with E-state index in [0.29, 0.717) is 24.7 Å². The van der Waals surface area contributed by atoms with Crippen molar-refractivity contribution in [3.8, 4) is 0 Å². The molecule has 23 heavy (non-hydrogen) atoms. The summed E-state index contributed by atoms with van der Waals surface area (Å²) in [5.74, 6) is 1.23. The zero-order valence-corrected chi connectivity index (χ0v) is 13.0. The van der Waals surface area contributed by atoms with E-state index in [1.165, 1.54) is 11.1 Å². The number of hydrogen-bond acceptors (Lipinski definition) is 5. The standard InChI is InChI=1S/C18H19N3O2/c1-13-5-2-3-7-15(13)10-18-20-17(21-23-18)11-19-16-8-4-6-14(9-16)12-22/h2-9,19,22H,10-12H2,1H3. The maximum Gasteiger partial charge on any atom is 0.231 e. The van der Waals surface area contributed by atoms with Gasteiger partial charge in [0, 0.05) is 5.69 Å². The minimum absolute atomic E-state index is 0.0261. The van der Waals surface area contributed by atoms with Crippen LogP contribution in [0.25, 0.3) is 0 Å². The normalized spacial score (nSPS) is 10.7. The highest BCUT2D eigenvalue weighted by Crippen LogP contribution is 2.14. The molecule has 0 saturated carbocycles. The highest BCUT2D eigenvalue weighted by Gasteiger charge is 2.08. The molecular formula is C18H19N3O2. The number of hydrogen-bond donors (Lipinski definition) is 2. The van der Waals surface area contributed by atoms with Crippen LogP contribution < -0.4 is 5.32 Å². The Balaban J connectivity index is 1.62. The van der Waals surface area contributed by atoms with E-state index in [1.807, 2.05) is 36.4 Å². The van der Waals surface area contributed by atoms with E-state index in [0.717, 1.165) is 11.3 Å². The number of aromatic nitrogens is 2. The second-order valence-electron chi connectivity index (χ2n) is 5.42. The number of nitrogens with one attached hydrogen (secondary N) is 1. The zero-order chi connectivity index (χ0) is 16.1. The van der Waals surface area contributed by atoms with Gasteiger partial charge in [0.2, 0.25) is 5.89 Å². The average molecular weight is 309 g/mol. The molecule has 0 aliphatic carbocycles. The van der Waals surface area contributed by atoms with E-state index in [9.17, 15) is 0 Å². The molecule has 0 spiro atoms. The van der Waals surface area contributed by atoms with Crippen LogP contribution in [-0.4, -0.2) is 15.2 Å². The monoisotopic (exact) mass is 309 g/mol. The van der Waals surface area contributed by atoms with Gasteiger partial charge < -0.3 is 14.9 Å². The summed E-state index contributed by atoms with van der Waals surface area (Å²) in [5.41, 5.74) is 4.18. The first-order chi connectivity index (χ1) is 11.2. The van der Waals surface area contributed by atoms with Gasteiger partial charge in [-0.25, -0.2) is 0 Å². The predicted octanol–water partition coefficient (Wildman–Crippen LogP) is 3.07. The van der Waals surface area contributed by atoms with Crippen LogP contribution in [0.1, 0.15) is 28.4 Å². The molecule has 0 radical (unpaired) electrons. The maximum absolute atomic E-state index is 9.15. The first-order valence-corrected chi connectivity index (χ1v) is 7.54. The fourth-order valence-electron chi connectivity index (χ4n) is 2.37. The SMILES string of the molecule is Cc1ccccc1Cc1nc(CNc2cccc(CO)c2)no1. The molecule has 118 valence electrons. The van der Waals surface area contributed by atoms with Crippen LogP contribution in [0.2, 0.25) is 0 Å². The summed E-state index contributed by atoms with van der Waals surface area (Å²) >= 11 is 0. The van der Waals surface area contributed by atoms with E-state index in [4.69, 9.17) is 9.63 Å². The highest BCUT2D eigenvalue weighted by molar-refractivity contribution is 5.45. The Hall–Kier alpha value is -2.66. The van der Waals surface area contributed by atoms with Crippen LogP contribution >= 0.6 is 0 Å². The Morgan fingerprint density at radius 1 is 1.13 bits per heavy atom. The number of benzene rings is 2. The minimum atomic E-state index is 0.0261. The molecule has 0 amide bonds. The molecule has 2 N–H and O–H groups in total. The Kier molecular flexibility index (Phi) is 4.68. The lowest BCUT2D eigenvalue weighted by Gasteiger charge is -2.04. The van der Waals surface area contributed by atoms with Gasteiger partial charge in [0.15, 0.2) is 5.82 Å². The summed E-state index contributed by atoms with van der Waals surface area (Å²) in [6.45, 7) is 2.58. The smallest absolute Gasteiger partial charge is 0.231 e. The average Bonchev–Trinajstić information content (AvgIpc) is 3.03. The zero-order valence-electron chi connectivity index (χ0n) is 13.0. The van der Waals surface area contributed by atoms with Crippen molar-refractivity contribution in [2.24, 2.45) is 0 Å². The first-order valence-electron chi connectivity index (χ1n) is 7.54. The number of nitrogens with zero attached hydrogens (tertiary/aromatic N) is 2. The molecule has 5 heteroatoms. The van der Waals surface area contributed by atoms with Crippen molar-refractivity contribution in [1.82, 2.24) is 10.1 Å². The van der Waals surface area contributed by atoms with E-state index in [-0.39, 0.29) is 6.61 Å². The lowest BCUT2D eigenvalue weighted by atomic mass is 10.1. The van der Waals surface area contributed by atoms with Crippen molar-refractivity contribution < 1.29 is 9.63 Å². The van der Waals surface area contributed by atoms with E-state index >= 15 is 0 Å². The van der Waals surface area contributed by atoms with Crippen molar-refractivity contribution in [3.63, 3.8) is 0 Å². The molecule has 1 aromatic heterocycles. The van der Waals surface area contributed by atoms with Gasteiger partial charge in [-0.1, -0.05) is 41.6 Å². The van der Waals surface area contributed by atoms with E-state index in [1.54, 1.807) is 0 Å². The van der Waals surface area contributed by atoms with Crippen molar-refractivity contribution >= 4 is 5.69 Å². The lowest BCUT2D eigenvalue weighted by molar-refractivity contribution is 0.282. The second kappa shape index (κ2) is 7.07.